The molecule has 0 bridgehead atoms. The molecule has 0 unspecified atom stereocenters. The van der Waals surface area contributed by atoms with Crippen LogP contribution in [0.15, 0.2) is 48.7 Å². The highest BCUT2D eigenvalue weighted by atomic mass is 35.5. The minimum atomic E-state index is -4.72. The number of nitrogens with zero attached hydrogens (tertiary/aromatic N) is 5. The van der Waals surface area contributed by atoms with Crippen LogP contribution in [0.4, 0.5) is 29.3 Å². The average Bonchev–Trinajstić information content (AvgIpc) is 3.61. The molecule has 3 aromatic rings. The first-order valence-corrected chi connectivity index (χ1v) is 15.7. The van der Waals surface area contributed by atoms with Gasteiger partial charge in [0.1, 0.15) is 0 Å². The Morgan fingerprint density at radius 2 is 1.87 bits per heavy atom. The van der Waals surface area contributed by atoms with Gasteiger partial charge in [0.05, 0.1) is 46.9 Å². The van der Waals surface area contributed by atoms with Crippen molar-refractivity contribution >= 4 is 40.8 Å². The maximum Gasteiger partial charge on any atom is 0.418 e. The Hall–Kier alpha value is -4.59. The maximum atomic E-state index is 14.0. The van der Waals surface area contributed by atoms with Crippen molar-refractivity contribution in [3.8, 4) is 17.1 Å². The summed E-state index contributed by atoms with van der Waals surface area (Å²) in [7, 11) is 0. The minimum absolute atomic E-state index is 0.00672. The van der Waals surface area contributed by atoms with E-state index in [0.29, 0.717) is 35.9 Å². The summed E-state index contributed by atoms with van der Waals surface area (Å²) in [6.07, 6.45) is -2.40. The third-order valence-electron chi connectivity index (χ3n) is 8.63. The molecule has 3 atom stereocenters. The van der Waals surface area contributed by atoms with Crippen molar-refractivity contribution in [2.75, 3.05) is 42.6 Å². The van der Waals surface area contributed by atoms with Gasteiger partial charge in [-0.2, -0.15) is 13.2 Å². The van der Waals surface area contributed by atoms with Crippen LogP contribution in [0.1, 0.15) is 42.7 Å². The molecule has 0 aliphatic carbocycles. The van der Waals surface area contributed by atoms with Crippen molar-refractivity contribution in [1.29, 1.82) is 0 Å². The number of rotatable bonds is 8. The fourth-order valence-corrected chi connectivity index (χ4v) is 6.57. The second kappa shape index (κ2) is 12.9. The zero-order chi connectivity index (χ0) is 33.5. The van der Waals surface area contributed by atoms with Crippen molar-refractivity contribution in [1.82, 2.24) is 25.5 Å². The average molecular weight is 672 g/mol. The van der Waals surface area contributed by atoms with Crippen LogP contribution in [-0.2, 0) is 11.0 Å². The van der Waals surface area contributed by atoms with Gasteiger partial charge >= 0.3 is 12.2 Å². The summed E-state index contributed by atoms with van der Waals surface area (Å²) in [5.74, 6) is -0.291. The molecule has 1 aromatic carbocycles. The molecule has 4 amide bonds. The highest BCUT2D eigenvalue weighted by molar-refractivity contribution is 6.30. The lowest BCUT2D eigenvalue weighted by Gasteiger charge is -2.44. The minimum Gasteiger partial charge on any atom is -0.477 e. The molecule has 11 nitrogen and oxygen atoms in total. The van der Waals surface area contributed by atoms with Crippen LogP contribution in [0.3, 0.4) is 0 Å². The van der Waals surface area contributed by atoms with Crippen molar-refractivity contribution in [3.63, 3.8) is 0 Å². The molecule has 5 heterocycles. The van der Waals surface area contributed by atoms with Crippen LogP contribution >= 0.6 is 11.6 Å². The molecule has 3 fully saturated rings. The molecule has 0 radical (unpaired) electrons. The third-order valence-corrected chi connectivity index (χ3v) is 8.87. The van der Waals surface area contributed by atoms with E-state index in [1.165, 1.54) is 12.1 Å². The molecule has 0 saturated carbocycles. The normalized spacial score (nSPS) is 21.1. The first-order chi connectivity index (χ1) is 22.5. The summed E-state index contributed by atoms with van der Waals surface area (Å²) in [5.41, 5.74) is 0.414. The number of pyridine rings is 2. The number of carbonyl (C=O) groups is 3. The molecule has 47 heavy (non-hydrogen) atoms. The van der Waals surface area contributed by atoms with Crippen LogP contribution in [0.2, 0.25) is 5.02 Å². The Balaban J connectivity index is 1.36. The van der Waals surface area contributed by atoms with E-state index in [0.717, 1.165) is 11.0 Å². The third kappa shape index (κ3) is 6.38. The van der Waals surface area contributed by atoms with Gasteiger partial charge in [0.25, 0.3) is 5.91 Å². The second-order valence-corrected chi connectivity index (χ2v) is 12.0. The van der Waals surface area contributed by atoms with E-state index >= 15 is 0 Å². The lowest BCUT2D eigenvalue weighted by atomic mass is 10.0. The Morgan fingerprint density at radius 1 is 1.09 bits per heavy atom. The summed E-state index contributed by atoms with van der Waals surface area (Å²) in [6.45, 7) is 4.92. The van der Waals surface area contributed by atoms with E-state index in [-0.39, 0.29) is 61.0 Å². The van der Waals surface area contributed by atoms with Crippen LogP contribution in [0.25, 0.3) is 11.3 Å². The van der Waals surface area contributed by atoms with E-state index < -0.39 is 35.8 Å². The number of piperazine rings is 1. The van der Waals surface area contributed by atoms with Gasteiger partial charge in [0.2, 0.25) is 11.8 Å². The summed E-state index contributed by atoms with van der Waals surface area (Å²) >= 11 is 5.90. The van der Waals surface area contributed by atoms with Gasteiger partial charge in [-0.1, -0.05) is 18.5 Å². The SMILES string of the molecule is CCOc1ncccc1-c1ccc(N2C[C@H]3CN(c4ccc(Cl)cc4C(F)(F)F)C(=O)N3C[C@H]2CC)c(C(=O)N[C@@H]2CNC(=O)C2)n1. The van der Waals surface area contributed by atoms with Crippen LogP contribution in [0.5, 0.6) is 5.88 Å². The number of benzene rings is 1. The van der Waals surface area contributed by atoms with Crippen molar-refractivity contribution < 1.29 is 32.3 Å². The van der Waals surface area contributed by atoms with Gasteiger partial charge in [-0.05, 0) is 55.8 Å². The smallest absolute Gasteiger partial charge is 0.418 e. The number of ether oxygens (including phenoxy) is 1. The lowest BCUT2D eigenvalue weighted by molar-refractivity contribution is -0.137. The highest BCUT2D eigenvalue weighted by Crippen LogP contribution is 2.41. The number of hydrogen-bond donors (Lipinski definition) is 2. The summed E-state index contributed by atoms with van der Waals surface area (Å²) < 4.78 is 47.7. The number of hydrogen-bond acceptors (Lipinski definition) is 7. The number of anilines is 2. The molecule has 0 spiro atoms. The van der Waals surface area contributed by atoms with Gasteiger partial charge in [-0.15, -0.1) is 0 Å². The fourth-order valence-electron chi connectivity index (χ4n) is 6.40. The second-order valence-electron chi connectivity index (χ2n) is 11.6. The van der Waals surface area contributed by atoms with E-state index in [4.69, 9.17) is 21.3 Å². The number of amides is 4. The van der Waals surface area contributed by atoms with Gasteiger partial charge in [-0.25, -0.2) is 14.8 Å². The van der Waals surface area contributed by atoms with Crippen molar-refractivity contribution in [3.05, 3.63) is 64.9 Å². The van der Waals surface area contributed by atoms with Crippen LogP contribution in [0, 0.1) is 0 Å². The number of nitrogens with one attached hydrogen (secondary N) is 2. The number of urea groups is 1. The van der Waals surface area contributed by atoms with E-state index in [2.05, 4.69) is 15.6 Å². The van der Waals surface area contributed by atoms with E-state index in [9.17, 15) is 27.6 Å². The summed E-state index contributed by atoms with van der Waals surface area (Å²) in [6, 6.07) is 8.77. The number of aromatic nitrogens is 2. The molecule has 2 aromatic heterocycles. The zero-order valence-electron chi connectivity index (χ0n) is 25.7. The standard InChI is InChI=1S/C32H33ClF3N7O4/c1-3-20-15-42-21(17-43(31(42)46)25-9-7-18(33)12-23(25)32(34,35)36)16-41(20)26-10-8-24(22-6-5-11-37-30(22)47-4-2)40-28(26)29(45)39-19-13-27(44)38-14-19/h5-12,19-21H,3-4,13-17H2,1-2H3,(H,38,44)(H,39,45)/t19-,20+,21-/m0/s1. The number of carbonyl (C=O) groups excluding carboxylic acids is 3. The molecular weight excluding hydrogens is 639 g/mol. The number of alkyl halides is 3. The van der Waals surface area contributed by atoms with Crippen molar-refractivity contribution in [2.45, 2.75) is 51.0 Å². The maximum absolute atomic E-state index is 14.0. The van der Waals surface area contributed by atoms with Crippen LogP contribution < -0.4 is 25.2 Å². The molecule has 3 aliphatic rings. The zero-order valence-corrected chi connectivity index (χ0v) is 26.4. The monoisotopic (exact) mass is 671 g/mol. The Bertz CT molecular complexity index is 1710. The molecule has 3 saturated heterocycles. The van der Waals surface area contributed by atoms with E-state index in [1.807, 2.05) is 18.7 Å². The molecule has 15 heteroatoms. The molecule has 3 aliphatic heterocycles. The van der Waals surface area contributed by atoms with Gasteiger partial charge in [0, 0.05) is 49.9 Å². The predicted octanol–water partition coefficient (Wildman–Crippen LogP) is 4.74. The van der Waals surface area contributed by atoms with E-state index in [1.54, 1.807) is 35.4 Å². The Kier molecular flexibility index (Phi) is 8.88. The van der Waals surface area contributed by atoms with Crippen molar-refractivity contribution in [2.24, 2.45) is 0 Å². The quantitative estimate of drug-likeness (QED) is 0.355. The summed E-state index contributed by atoms with van der Waals surface area (Å²) in [5, 5.41) is 5.55. The topological polar surface area (TPSA) is 120 Å². The molecule has 6 rings (SSSR count). The van der Waals surface area contributed by atoms with Crippen LogP contribution in [-0.4, -0.2) is 83.6 Å². The first kappa shape index (κ1) is 32.4. The highest BCUT2D eigenvalue weighted by Gasteiger charge is 2.47. The molecular formula is C32H33ClF3N7O4. The number of halogens is 4. The van der Waals surface area contributed by atoms with Gasteiger partial charge in [0.15, 0.2) is 5.69 Å². The first-order valence-electron chi connectivity index (χ1n) is 15.4. The molecule has 248 valence electrons. The van der Waals surface area contributed by atoms with Gasteiger partial charge < -0.3 is 25.2 Å². The largest absolute Gasteiger partial charge is 0.477 e. The molecule has 2 N–H and O–H groups in total. The number of fused-ring (bicyclic) bond motifs is 1. The predicted molar refractivity (Wildman–Crippen MR) is 169 cm³/mol. The summed E-state index contributed by atoms with van der Waals surface area (Å²) in [4.78, 5) is 53.2. The lowest BCUT2D eigenvalue weighted by Crippen LogP contribution is -2.58. The fraction of sp³-hybridized carbons (Fsp3) is 0.406. The Labute approximate surface area is 274 Å². The Morgan fingerprint density at radius 3 is 2.57 bits per heavy atom. The van der Waals surface area contributed by atoms with Gasteiger partial charge in [-0.3, -0.25) is 14.5 Å².